The summed E-state index contributed by atoms with van der Waals surface area (Å²) in [5, 5.41) is 19.9. The van der Waals surface area contributed by atoms with Crippen molar-refractivity contribution in [3.8, 4) is 6.19 Å². The van der Waals surface area contributed by atoms with E-state index in [0.717, 1.165) is 47.7 Å². The highest BCUT2D eigenvalue weighted by molar-refractivity contribution is 5.95. The molecule has 2 N–H and O–H groups in total. The van der Waals surface area contributed by atoms with Crippen LogP contribution in [0.3, 0.4) is 0 Å². The number of guanidine groups is 1. The number of hydrogen-bond donors (Lipinski definition) is 2. The number of nitriles is 1. The Kier molecular flexibility index (Phi) is 9.07. The fourth-order valence-electron chi connectivity index (χ4n) is 4.00. The molecule has 1 saturated heterocycles. The highest BCUT2D eigenvalue weighted by Gasteiger charge is 2.38. The van der Waals surface area contributed by atoms with E-state index in [9.17, 15) is 18.4 Å². The predicted molar refractivity (Wildman–Crippen MR) is 139 cm³/mol. The minimum absolute atomic E-state index is 0.172. The highest BCUT2D eigenvalue weighted by atomic mass is 19.4. The number of aliphatic imine (C=N–C) groups is 1. The summed E-state index contributed by atoms with van der Waals surface area (Å²) in [6, 6.07) is 16.1. The van der Waals surface area contributed by atoms with Gasteiger partial charge in [-0.05, 0) is 36.6 Å². The molecule has 9 nitrogen and oxygen atoms in total. The molecule has 0 radical (unpaired) electrons. The molecule has 0 bridgehead atoms. The molecule has 200 valence electrons. The first-order valence-electron chi connectivity index (χ1n) is 11.8. The molecule has 4 rings (SSSR count). The second-order valence-corrected chi connectivity index (χ2v) is 8.95. The zero-order valence-electron chi connectivity index (χ0n) is 21.1. The van der Waals surface area contributed by atoms with Crippen molar-refractivity contribution in [1.82, 2.24) is 14.9 Å². The third-order valence-electron chi connectivity index (χ3n) is 6.01. The molecule has 0 amide bonds. The average molecular weight is 528 g/mol. The number of aromatic nitrogens is 2. The molecule has 38 heavy (non-hydrogen) atoms. The van der Waals surface area contributed by atoms with Gasteiger partial charge in [-0.3, -0.25) is 4.98 Å². The van der Waals surface area contributed by atoms with E-state index in [0.29, 0.717) is 11.9 Å². The van der Waals surface area contributed by atoms with E-state index in [2.05, 4.69) is 38.9 Å². The van der Waals surface area contributed by atoms with Crippen LogP contribution in [-0.2, 0) is 4.79 Å². The summed E-state index contributed by atoms with van der Waals surface area (Å²) in [5.74, 6) is -0.916. The summed E-state index contributed by atoms with van der Waals surface area (Å²) in [7, 11) is 0. The van der Waals surface area contributed by atoms with E-state index in [-0.39, 0.29) is 6.04 Å². The van der Waals surface area contributed by atoms with Crippen LogP contribution in [0.2, 0.25) is 0 Å². The smallest absolute Gasteiger partial charge is 0.475 e. The Morgan fingerprint density at radius 2 is 1.79 bits per heavy atom. The number of rotatable bonds is 3. The van der Waals surface area contributed by atoms with Crippen molar-refractivity contribution in [3.05, 3.63) is 60.3 Å². The molecule has 12 heteroatoms. The number of benzene rings is 2. The number of halogens is 3. The first kappa shape index (κ1) is 28.2. The number of para-hydroxylation sites is 3. The highest BCUT2D eigenvalue weighted by Crippen LogP contribution is 2.24. The fourth-order valence-corrected chi connectivity index (χ4v) is 4.00. The van der Waals surface area contributed by atoms with Gasteiger partial charge in [-0.15, -0.1) is 4.99 Å². The summed E-state index contributed by atoms with van der Waals surface area (Å²) in [4.78, 5) is 26.9. The molecule has 0 aliphatic carbocycles. The molecule has 2 heterocycles. The topological polar surface area (TPSA) is 118 Å². The van der Waals surface area contributed by atoms with E-state index < -0.39 is 12.1 Å². The molecular formula is C26H28F3N7O2. The number of anilines is 2. The Hall–Kier alpha value is -4.40. The maximum Gasteiger partial charge on any atom is 0.490 e. The number of aryl methyl sites for hydroxylation is 1. The number of nitrogens with one attached hydrogen (secondary N) is 1. The number of nitrogens with zero attached hydrogens (tertiary/aromatic N) is 6. The van der Waals surface area contributed by atoms with E-state index in [1.807, 2.05) is 67.8 Å². The molecule has 1 fully saturated rings. The number of carboxylic acid groups (broad SMARTS) is 1. The zero-order chi connectivity index (χ0) is 27.9. The number of carbonyl (C=O) groups is 1. The van der Waals surface area contributed by atoms with E-state index in [1.165, 1.54) is 0 Å². The van der Waals surface area contributed by atoms with Crippen molar-refractivity contribution in [2.24, 2.45) is 10.9 Å². The maximum absolute atomic E-state index is 10.6. The van der Waals surface area contributed by atoms with Gasteiger partial charge < -0.3 is 20.2 Å². The molecule has 1 aliphatic rings. The van der Waals surface area contributed by atoms with E-state index in [1.54, 1.807) is 0 Å². The Labute approximate surface area is 218 Å². The second kappa shape index (κ2) is 12.2. The van der Waals surface area contributed by atoms with Gasteiger partial charge in [-0.25, -0.2) is 9.78 Å². The average Bonchev–Trinajstić information content (AvgIpc) is 2.89. The summed E-state index contributed by atoms with van der Waals surface area (Å²) < 4.78 is 31.7. The van der Waals surface area contributed by atoms with Crippen LogP contribution >= 0.6 is 0 Å². The fraction of sp³-hybridized carbons (Fsp3) is 0.346. The molecule has 0 saturated carbocycles. The van der Waals surface area contributed by atoms with Crippen LogP contribution in [0, 0.1) is 24.3 Å². The van der Waals surface area contributed by atoms with Gasteiger partial charge in [0.25, 0.3) is 0 Å². The SMILES string of the molecule is Cc1ccccc1N/C(=N\C#N)N1CCN(c2cnc3ccccc3n2)CC1C(C)C.O=C(O)C(F)(F)F. The van der Waals surface area contributed by atoms with Crippen LogP contribution in [0.25, 0.3) is 11.0 Å². The Morgan fingerprint density at radius 3 is 2.39 bits per heavy atom. The standard InChI is InChI=1S/C24H27N7.C2HF3O2/c1-17(2)22-15-30(23-14-26-20-10-6-7-11-21(20)28-23)12-13-31(22)24(27-16-25)29-19-9-5-4-8-18(19)3;3-2(4,5)1(6)7/h4-11,14,17,22H,12-13,15H2,1-3H3,(H,27,29);(H,6,7). The van der Waals surface area contributed by atoms with Crippen molar-refractivity contribution < 1.29 is 23.1 Å². The van der Waals surface area contributed by atoms with Crippen LogP contribution < -0.4 is 10.2 Å². The van der Waals surface area contributed by atoms with Crippen molar-refractivity contribution in [2.45, 2.75) is 33.0 Å². The minimum atomic E-state index is -5.08. The molecule has 1 aromatic heterocycles. The van der Waals surface area contributed by atoms with Gasteiger partial charge in [-0.1, -0.05) is 44.2 Å². The van der Waals surface area contributed by atoms with Gasteiger partial charge in [0.1, 0.15) is 5.82 Å². The van der Waals surface area contributed by atoms with Crippen LogP contribution in [0.5, 0.6) is 0 Å². The van der Waals surface area contributed by atoms with Crippen LogP contribution in [-0.4, -0.2) is 63.8 Å². The van der Waals surface area contributed by atoms with E-state index in [4.69, 9.17) is 14.9 Å². The molecule has 1 atom stereocenters. The second-order valence-electron chi connectivity index (χ2n) is 8.95. The Morgan fingerprint density at radius 1 is 1.16 bits per heavy atom. The maximum atomic E-state index is 10.6. The lowest BCUT2D eigenvalue weighted by molar-refractivity contribution is -0.192. The Balaban J connectivity index is 0.000000505. The summed E-state index contributed by atoms with van der Waals surface area (Å²) in [5.41, 5.74) is 3.87. The van der Waals surface area contributed by atoms with Gasteiger partial charge in [0, 0.05) is 25.3 Å². The zero-order valence-corrected chi connectivity index (χ0v) is 21.1. The molecule has 3 aromatic rings. The number of alkyl halides is 3. The van der Waals surface area contributed by atoms with Crippen molar-refractivity contribution in [2.75, 3.05) is 29.9 Å². The number of carboxylic acids is 1. The molecule has 2 aromatic carbocycles. The molecule has 1 aliphatic heterocycles. The van der Waals surface area contributed by atoms with Crippen LogP contribution in [0.1, 0.15) is 19.4 Å². The first-order valence-corrected chi connectivity index (χ1v) is 11.8. The lowest BCUT2D eigenvalue weighted by atomic mass is 9.99. The molecular weight excluding hydrogens is 499 g/mol. The van der Waals surface area contributed by atoms with Gasteiger partial charge in [0.15, 0.2) is 0 Å². The van der Waals surface area contributed by atoms with Gasteiger partial charge in [0.05, 0.1) is 23.3 Å². The Bertz CT molecular complexity index is 1340. The monoisotopic (exact) mass is 527 g/mol. The third-order valence-corrected chi connectivity index (χ3v) is 6.01. The molecule has 1 unspecified atom stereocenters. The lowest BCUT2D eigenvalue weighted by Crippen LogP contribution is -2.58. The number of hydrogen-bond acceptors (Lipinski definition) is 6. The predicted octanol–water partition coefficient (Wildman–Crippen LogP) is 4.67. The summed E-state index contributed by atoms with van der Waals surface area (Å²) in [6.07, 6.45) is -1.26. The van der Waals surface area contributed by atoms with Gasteiger partial charge in [-0.2, -0.15) is 18.4 Å². The van der Waals surface area contributed by atoms with Crippen LogP contribution in [0.4, 0.5) is 24.7 Å². The quantitative estimate of drug-likeness (QED) is 0.287. The first-order chi connectivity index (χ1) is 18.0. The van der Waals surface area contributed by atoms with Crippen molar-refractivity contribution >= 4 is 34.5 Å². The van der Waals surface area contributed by atoms with Gasteiger partial charge in [0.2, 0.25) is 12.2 Å². The number of fused-ring (bicyclic) bond motifs is 1. The van der Waals surface area contributed by atoms with E-state index >= 15 is 0 Å². The number of piperazine rings is 1. The normalized spacial score (nSPS) is 16.1. The third kappa shape index (κ3) is 7.09. The van der Waals surface area contributed by atoms with Crippen molar-refractivity contribution in [1.29, 1.82) is 5.26 Å². The summed E-state index contributed by atoms with van der Waals surface area (Å²) >= 11 is 0. The summed E-state index contributed by atoms with van der Waals surface area (Å²) in [6.45, 7) is 8.73. The lowest BCUT2D eigenvalue weighted by Gasteiger charge is -2.45. The largest absolute Gasteiger partial charge is 0.490 e. The van der Waals surface area contributed by atoms with Gasteiger partial charge >= 0.3 is 12.1 Å². The minimum Gasteiger partial charge on any atom is -0.475 e. The van der Waals surface area contributed by atoms with Crippen molar-refractivity contribution in [3.63, 3.8) is 0 Å². The van der Waals surface area contributed by atoms with Crippen LogP contribution in [0.15, 0.2) is 59.7 Å². The number of aliphatic carboxylic acids is 1. The molecule has 0 spiro atoms.